The monoisotopic (exact) mass is 483 g/mol. The van der Waals surface area contributed by atoms with E-state index in [0.717, 1.165) is 24.1 Å². The summed E-state index contributed by atoms with van der Waals surface area (Å²) in [5.41, 5.74) is 3.09. The Labute approximate surface area is 200 Å². The Hall–Kier alpha value is -3.04. The first kappa shape index (κ1) is 24.1. The van der Waals surface area contributed by atoms with E-state index in [2.05, 4.69) is 5.32 Å². The summed E-state index contributed by atoms with van der Waals surface area (Å²) in [5.74, 6) is -0.515. The molecule has 0 aliphatic carbocycles. The molecule has 180 valence electrons. The molecule has 2 aromatic carbocycles. The molecule has 34 heavy (non-hydrogen) atoms. The highest BCUT2D eigenvalue weighted by atomic mass is 32.2. The molecule has 8 nitrogen and oxygen atoms in total. The number of piperidine rings is 1. The van der Waals surface area contributed by atoms with E-state index < -0.39 is 10.0 Å². The van der Waals surface area contributed by atoms with Crippen LogP contribution in [-0.4, -0.2) is 50.0 Å². The van der Waals surface area contributed by atoms with Gasteiger partial charge in [0.05, 0.1) is 4.90 Å². The molecule has 1 N–H and O–H groups in total. The molecule has 0 aromatic heterocycles. The van der Waals surface area contributed by atoms with Crippen molar-refractivity contribution < 1.29 is 22.8 Å². The molecular formula is C25H29N3O5S. The van der Waals surface area contributed by atoms with E-state index in [1.165, 1.54) is 35.5 Å². The Bertz CT molecular complexity index is 1220. The van der Waals surface area contributed by atoms with Crippen LogP contribution in [0.5, 0.6) is 0 Å². The second kappa shape index (κ2) is 9.68. The van der Waals surface area contributed by atoms with Gasteiger partial charge in [-0.15, -0.1) is 0 Å². The normalized spacial score (nSPS) is 17.2. The van der Waals surface area contributed by atoms with E-state index in [-0.39, 0.29) is 41.5 Å². The number of rotatable bonds is 5. The van der Waals surface area contributed by atoms with E-state index in [1.807, 2.05) is 18.2 Å². The van der Waals surface area contributed by atoms with Crippen molar-refractivity contribution in [3.8, 4) is 0 Å². The van der Waals surface area contributed by atoms with Gasteiger partial charge in [0.15, 0.2) is 5.78 Å². The molecule has 0 radical (unpaired) electrons. The van der Waals surface area contributed by atoms with Crippen molar-refractivity contribution in [1.82, 2.24) is 4.31 Å². The smallest absolute Gasteiger partial charge is 0.243 e. The molecule has 2 heterocycles. The van der Waals surface area contributed by atoms with Crippen LogP contribution in [0.1, 0.15) is 49.0 Å². The van der Waals surface area contributed by atoms with Crippen LogP contribution in [-0.2, 0) is 26.0 Å². The number of amides is 2. The van der Waals surface area contributed by atoms with Crippen LogP contribution in [0.2, 0.25) is 0 Å². The number of anilines is 2. The van der Waals surface area contributed by atoms with Gasteiger partial charge >= 0.3 is 0 Å². The first-order valence-corrected chi connectivity index (χ1v) is 12.9. The van der Waals surface area contributed by atoms with Gasteiger partial charge in [-0.05, 0) is 68.5 Å². The van der Waals surface area contributed by atoms with Crippen molar-refractivity contribution in [3.63, 3.8) is 0 Å². The molecule has 0 atom stereocenters. The average molecular weight is 484 g/mol. The molecule has 1 saturated heterocycles. The maximum Gasteiger partial charge on any atom is 0.243 e. The Morgan fingerprint density at radius 3 is 2.24 bits per heavy atom. The second-order valence-corrected chi connectivity index (χ2v) is 10.8. The Morgan fingerprint density at radius 1 is 0.941 bits per heavy atom. The number of aryl methyl sites for hydroxylation is 1. The number of fused-ring (bicyclic) bond motifs is 1. The van der Waals surface area contributed by atoms with E-state index >= 15 is 0 Å². The van der Waals surface area contributed by atoms with Crippen LogP contribution >= 0.6 is 0 Å². The molecule has 2 aliphatic rings. The number of sulfonamides is 1. The molecule has 1 fully saturated rings. The van der Waals surface area contributed by atoms with E-state index in [4.69, 9.17) is 0 Å². The van der Waals surface area contributed by atoms with Crippen LogP contribution in [0.25, 0.3) is 0 Å². The quantitative estimate of drug-likeness (QED) is 0.658. The molecule has 0 spiro atoms. The third-order valence-corrected chi connectivity index (χ3v) is 8.48. The van der Waals surface area contributed by atoms with Gasteiger partial charge < -0.3 is 10.2 Å². The predicted octanol–water partition coefficient (Wildman–Crippen LogP) is 3.23. The van der Waals surface area contributed by atoms with Gasteiger partial charge in [0.2, 0.25) is 21.8 Å². The largest absolute Gasteiger partial charge is 0.326 e. The minimum absolute atomic E-state index is 0.00856. The van der Waals surface area contributed by atoms with Crippen molar-refractivity contribution in [2.24, 2.45) is 5.92 Å². The van der Waals surface area contributed by atoms with Crippen LogP contribution < -0.4 is 10.2 Å². The second-order valence-electron chi connectivity index (χ2n) is 8.87. The molecular weight excluding hydrogens is 454 g/mol. The maximum atomic E-state index is 13.0. The molecule has 2 aliphatic heterocycles. The van der Waals surface area contributed by atoms with Crippen LogP contribution in [0.15, 0.2) is 47.4 Å². The topological polar surface area (TPSA) is 104 Å². The lowest BCUT2D eigenvalue weighted by Gasteiger charge is -2.31. The van der Waals surface area contributed by atoms with Gasteiger partial charge in [-0.3, -0.25) is 14.4 Å². The molecule has 2 amide bonds. The summed E-state index contributed by atoms with van der Waals surface area (Å²) in [4.78, 5) is 38.1. The van der Waals surface area contributed by atoms with Crippen LogP contribution in [0, 0.1) is 5.92 Å². The lowest BCUT2D eigenvalue weighted by Crippen LogP contribution is -2.41. The van der Waals surface area contributed by atoms with Gasteiger partial charge in [-0.1, -0.05) is 12.1 Å². The number of hydrogen-bond donors (Lipinski definition) is 1. The Morgan fingerprint density at radius 2 is 1.62 bits per heavy atom. The lowest BCUT2D eigenvalue weighted by atomic mass is 9.96. The highest BCUT2D eigenvalue weighted by molar-refractivity contribution is 7.89. The van der Waals surface area contributed by atoms with Crippen molar-refractivity contribution in [2.45, 2.75) is 44.4 Å². The Kier molecular flexibility index (Phi) is 6.86. The fraction of sp³-hybridized carbons (Fsp3) is 0.400. The molecule has 0 unspecified atom stereocenters. The fourth-order valence-electron chi connectivity index (χ4n) is 4.62. The summed E-state index contributed by atoms with van der Waals surface area (Å²) < 4.78 is 27.3. The third kappa shape index (κ3) is 4.90. The van der Waals surface area contributed by atoms with Crippen molar-refractivity contribution in [3.05, 3.63) is 53.6 Å². The van der Waals surface area contributed by atoms with Crippen LogP contribution in [0.3, 0.4) is 0 Å². The SMILES string of the molecule is CC(=O)c1ccc(S(=O)(=O)N2CCC(C(=O)Nc3ccc4c(c3)CCCN4C(C)=O)CC2)cc1. The lowest BCUT2D eigenvalue weighted by molar-refractivity contribution is -0.121. The van der Waals surface area contributed by atoms with Crippen molar-refractivity contribution in [2.75, 3.05) is 29.9 Å². The van der Waals surface area contributed by atoms with E-state index in [1.54, 1.807) is 11.8 Å². The summed E-state index contributed by atoms with van der Waals surface area (Å²) in [6.07, 6.45) is 2.60. The van der Waals surface area contributed by atoms with Gasteiger partial charge in [0.25, 0.3) is 0 Å². The predicted molar refractivity (Wildman–Crippen MR) is 129 cm³/mol. The standard InChI is InChI=1S/C25H29N3O5S/c1-17(29)19-5-8-23(9-6-19)34(32,33)27-14-11-20(12-15-27)25(31)26-22-7-10-24-21(16-22)4-3-13-28(24)18(2)30/h5-10,16,20H,3-4,11-15H2,1-2H3,(H,26,31). The summed E-state index contributed by atoms with van der Waals surface area (Å²) >= 11 is 0. The molecule has 0 bridgehead atoms. The number of nitrogens with one attached hydrogen (secondary N) is 1. The zero-order valence-electron chi connectivity index (χ0n) is 19.4. The molecule has 9 heteroatoms. The number of carbonyl (C=O) groups is 3. The van der Waals surface area contributed by atoms with Gasteiger partial charge in [0, 0.05) is 49.4 Å². The van der Waals surface area contributed by atoms with Gasteiger partial charge in [0.1, 0.15) is 0 Å². The van der Waals surface area contributed by atoms with Crippen LogP contribution in [0.4, 0.5) is 11.4 Å². The summed E-state index contributed by atoms with van der Waals surface area (Å²) in [5, 5.41) is 2.97. The highest BCUT2D eigenvalue weighted by Crippen LogP contribution is 2.31. The number of nitrogens with zero attached hydrogens (tertiary/aromatic N) is 2. The van der Waals surface area contributed by atoms with Gasteiger partial charge in [-0.25, -0.2) is 8.42 Å². The summed E-state index contributed by atoms with van der Waals surface area (Å²) in [6, 6.07) is 11.5. The molecule has 4 rings (SSSR count). The third-order valence-electron chi connectivity index (χ3n) is 6.57. The van der Waals surface area contributed by atoms with E-state index in [0.29, 0.717) is 30.6 Å². The average Bonchev–Trinajstić information content (AvgIpc) is 2.83. The van der Waals surface area contributed by atoms with E-state index in [9.17, 15) is 22.8 Å². The summed E-state index contributed by atoms with van der Waals surface area (Å²) in [7, 11) is -3.68. The zero-order chi connectivity index (χ0) is 24.5. The number of ketones is 1. The fourth-order valence-corrected chi connectivity index (χ4v) is 6.09. The van der Waals surface area contributed by atoms with Crippen molar-refractivity contribution in [1.29, 1.82) is 0 Å². The number of carbonyl (C=O) groups excluding carboxylic acids is 3. The number of hydrogen-bond acceptors (Lipinski definition) is 5. The number of Topliss-reactive ketones (excluding diaryl/α,β-unsaturated/α-hetero) is 1. The minimum Gasteiger partial charge on any atom is -0.326 e. The minimum atomic E-state index is -3.68. The highest BCUT2D eigenvalue weighted by Gasteiger charge is 2.32. The summed E-state index contributed by atoms with van der Waals surface area (Å²) in [6.45, 7) is 4.21. The first-order chi connectivity index (χ1) is 16.2. The first-order valence-electron chi connectivity index (χ1n) is 11.5. The number of benzene rings is 2. The molecule has 2 aromatic rings. The van der Waals surface area contributed by atoms with Gasteiger partial charge in [-0.2, -0.15) is 4.31 Å². The zero-order valence-corrected chi connectivity index (χ0v) is 20.2. The maximum absolute atomic E-state index is 13.0. The van der Waals surface area contributed by atoms with Crippen molar-refractivity contribution >= 4 is 39.0 Å². The molecule has 0 saturated carbocycles. The Balaban J connectivity index is 1.37.